The van der Waals surface area contributed by atoms with E-state index in [1.54, 1.807) is 13.1 Å². The Hall–Kier alpha value is -1.69. The molecule has 98 valence electrons. The monoisotopic (exact) mass is 251 g/mol. The number of hydrogen-bond acceptors (Lipinski definition) is 5. The van der Waals surface area contributed by atoms with Crippen molar-refractivity contribution in [3.05, 3.63) is 27.9 Å². The lowest BCUT2D eigenvalue weighted by molar-refractivity contribution is -0.384. The third-order valence-corrected chi connectivity index (χ3v) is 3.42. The molecule has 6 nitrogen and oxygen atoms in total. The van der Waals surface area contributed by atoms with Gasteiger partial charge in [0.15, 0.2) is 0 Å². The van der Waals surface area contributed by atoms with Crippen molar-refractivity contribution in [2.24, 2.45) is 5.92 Å². The number of aryl methyl sites for hydroxylation is 1. The lowest BCUT2D eigenvalue weighted by Crippen LogP contribution is -2.27. The van der Waals surface area contributed by atoms with Gasteiger partial charge in [-0.3, -0.25) is 10.1 Å². The summed E-state index contributed by atoms with van der Waals surface area (Å²) in [7, 11) is 0. The molecule has 0 radical (unpaired) electrons. The molecule has 1 heterocycles. The second-order valence-electron chi connectivity index (χ2n) is 4.76. The number of rotatable bonds is 4. The van der Waals surface area contributed by atoms with Gasteiger partial charge in [-0.15, -0.1) is 0 Å². The molecule has 2 atom stereocenters. The van der Waals surface area contributed by atoms with Gasteiger partial charge in [-0.1, -0.05) is 6.42 Å². The molecular formula is C12H17N3O3. The van der Waals surface area contributed by atoms with Crippen molar-refractivity contribution in [3.8, 4) is 0 Å². The summed E-state index contributed by atoms with van der Waals surface area (Å²) in [5.74, 6) is 0.462. The molecule has 1 aromatic rings. The van der Waals surface area contributed by atoms with Crippen LogP contribution in [0.3, 0.4) is 0 Å². The third-order valence-electron chi connectivity index (χ3n) is 3.42. The number of nitro groups is 1. The van der Waals surface area contributed by atoms with Crippen LogP contribution in [0.2, 0.25) is 0 Å². The van der Waals surface area contributed by atoms with Gasteiger partial charge >= 0.3 is 5.69 Å². The maximum atomic E-state index is 11.0. The minimum Gasteiger partial charge on any atom is -0.396 e. The van der Waals surface area contributed by atoms with E-state index in [1.165, 1.54) is 6.07 Å². The number of aliphatic hydroxyl groups is 1. The maximum Gasteiger partial charge on any atom is 0.311 e. The van der Waals surface area contributed by atoms with E-state index >= 15 is 0 Å². The largest absolute Gasteiger partial charge is 0.396 e. The van der Waals surface area contributed by atoms with Crippen LogP contribution in [-0.4, -0.2) is 27.7 Å². The highest BCUT2D eigenvalue weighted by molar-refractivity contribution is 5.57. The van der Waals surface area contributed by atoms with Gasteiger partial charge in [0, 0.05) is 30.8 Å². The van der Waals surface area contributed by atoms with Crippen molar-refractivity contribution in [3.63, 3.8) is 0 Å². The number of nitrogens with zero attached hydrogens (tertiary/aromatic N) is 2. The topological polar surface area (TPSA) is 88.3 Å². The van der Waals surface area contributed by atoms with Gasteiger partial charge in [-0.2, -0.15) is 0 Å². The Bertz CT molecular complexity index is 450. The Balaban J connectivity index is 2.20. The number of pyridine rings is 1. The fourth-order valence-electron chi connectivity index (χ4n) is 2.43. The molecule has 0 bridgehead atoms. The van der Waals surface area contributed by atoms with Crippen LogP contribution < -0.4 is 5.32 Å². The Morgan fingerprint density at radius 3 is 3.06 bits per heavy atom. The molecule has 1 aliphatic carbocycles. The average molecular weight is 251 g/mol. The van der Waals surface area contributed by atoms with E-state index in [-0.39, 0.29) is 24.3 Å². The second kappa shape index (κ2) is 5.30. The molecule has 18 heavy (non-hydrogen) atoms. The molecule has 2 rings (SSSR count). The Morgan fingerprint density at radius 1 is 1.61 bits per heavy atom. The predicted molar refractivity (Wildman–Crippen MR) is 67.5 cm³/mol. The second-order valence-corrected chi connectivity index (χ2v) is 4.76. The smallest absolute Gasteiger partial charge is 0.311 e. The minimum atomic E-state index is -0.425. The van der Waals surface area contributed by atoms with Gasteiger partial charge in [-0.25, -0.2) is 4.98 Å². The Morgan fingerprint density at radius 2 is 2.39 bits per heavy atom. The van der Waals surface area contributed by atoms with Crippen molar-refractivity contribution in [2.45, 2.75) is 32.2 Å². The zero-order valence-corrected chi connectivity index (χ0v) is 10.3. The normalized spacial score (nSPS) is 23.0. The number of nitrogens with one attached hydrogen (secondary N) is 1. The van der Waals surface area contributed by atoms with Crippen molar-refractivity contribution in [2.75, 3.05) is 11.9 Å². The van der Waals surface area contributed by atoms with Gasteiger partial charge in [0.2, 0.25) is 5.82 Å². The van der Waals surface area contributed by atoms with Gasteiger partial charge in [0.1, 0.15) is 0 Å². The number of hydrogen-bond donors (Lipinski definition) is 2. The van der Waals surface area contributed by atoms with Crippen molar-refractivity contribution in [1.82, 2.24) is 4.98 Å². The van der Waals surface area contributed by atoms with Gasteiger partial charge in [0.05, 0.1) is 4.92 Å². The fourth-order valence-corrected chi connectivity index (χ4v) is 2.43. The molecule has 1 fully saturated rings. The van der Waals surface area contributed by atoms with Gasteiger partial charge < -0.3 is 10.4 Å². The SMILES string of the molecule is Cc1cnc(NC2CCCC2CO)c([N+](=O)[O-])c1. The first kappa shape index (κ1) is 12.8. The highest BCUT2D eigenvalue weighted by Gasteiger charge is 2.28. The first-order chi connectivity index (χ1) is 8.61. The Labute approximate surface area is 105 Å². The van der Waals surface area contributed by atoms with Crippen LogP contribution in [0.15, 0.2) is 12.3 Å². The van der Waals surface area contributed by atoms with E-state index in [9.17, 15) is 15.2 Å². The van der Waals surface area contributed by atoms with Crippen LogP contribution in [0.25, 0.3) is 0 Å². The molecule has 0 spiro atoms. The summed E-state index contributed by atoms with van der Waals surface area (Å²) >= 11 is 0. The van der Waals surface area contributed by atoms with Crippen molar-refractivity contribution >= 4 is 11.5 Å². The summed E-state index contributed by atoms with van der Waals surface area (Å²) in [6.07, 6.45) is 4.51. The quantitative estimate of drug-likeness (QED) is 0.630. The lowest BCUT2D eigenvalue weighted by atomic mass is 10.1. The predicted octanol–water partition coefficient (Wildman–Crippen LogP) is 1.87. The van der Waals surface area contributed by atoms with Crippen molar-refractivity contribution < 1.29 is 10.0 Å². The molecule has 2 N–H and O–H groups in total. The van der Waals surface area contributed by atoms with Crippen LogP contribution in [0, 0.1) is 23.0 Å². The maximum absolute atomic E-state index is 11.0. The van der Waals surface area contributed by atoms with E-state index in [1.807, 2.05) is 0 Å². The minimum absolute atomic E-state index is 0.00131. The summed E-state index contributed by atoms with van der Waals surface area (Å²) in [5, 5.41) is 23.3. The van der Waals surface area contributed by atoms with Gasteiger partial charge in [0.25, 0.3) is 0 Å². The summed E-state index contributed by atoms with van der Waals surface area (Å²) in [6.45, 7) is 1.88. The van der Waals surface area contributed by atoms with Crippen LogP contribution in [0.5, 0.6) is 0 Å². The summed E-state index contributed by atoms with van der Waals surface area (Å²) in [6, 6.07) is 1.59. The number of anilines is 1. The zero-order valence-electron chi connectivity index (χ0n) is 10.3. The Kier molecular flexibility index (Phi) is 3.76. The van der Waals surface area contributed by atoms with E-state index in [0.717, 1.165) is 24.8 Å². The highest BCUT2D eigenvalue weighted by atomic mass is 16.6. The fraction of sp³-hybridized carbons (Fsp3) is 0.583. The zero-order chi connectivity index (χ0) is 13.1. The molecule has 0 aliphatic heterocycles. The molecule has 1 saturated carbocycles. The highest BCUT2D eigenvalue weighted by Crippen LogP contribution is 2.30. The lowest BCUT2D eigenvalue weighted by Gasteiger charge is -2.19. The summed E-state index contributed by atoms with van der Waals surface area (Å²) in [4.78, 5) is 14.6. The molecule has 0 amide bonds. The molecular weight excluding hydrogens is 234 g/mol. The van der Waals surface area contributed by atoms with E-state index < -0.39 is 4.92 Å². The first-order valence-electron chi connectivity index (χ1n) is 6.10. The van der Waals surface area contributed by atoms with Crippen LogP contribution >= 0.6 is 0 Å². The van der Waals surface area contributed by atoms with Crippen LogP contribution in [-0.2, 0) is 0 Å². The molecule has 1 aliphatic rings. The standard InChI is InChI=1S/C12H17N3O3/c1-8-5-11(15(17)18)12(13-6-8)14-10-4-2-3-9(10)7-16/h5-6,9-10,16H,2-4,7H2,1H3,(H,13,14). The molecule has 0 aromatic carbocycles. The van der Waals surface area contributed by atoms with E-state index in [2.05, 4.69) is 10.3 Å². The van der Waals surface area contributed by atoms with Gasteiger partial charge in [-0.05, 0) is 25.3 Å². The number of aliphatic hydroxyl groups excluding tert-OH is 1. The van der Waals surface area contributed by atoms with Crippen molar-refractivity contribution in [1.29, 1.82) is 0 Å². The van der Waals surface area contributed by atoms with E-state index in [0.29, 0.717) is 5.82 Å². The van der Waals surface area contributed by atoms with E-state index in [4.69, 9.17) is 0 Å². The molecule has 2 unspecified atom stereocenters. The summed E-state index contributed by atoms with van der Waals surface area (Å²) in [5.41, 5.74) is 0.760. The summed E-state index contributed by atoms with van der Waals surface area (Å²) < 4.78 is 0. The molecule has 0 saturated heterocycles. The van der Waals surface area contributed by atoms with Crippen LogP contribution in [0.4, 0.5) is 11.5 Å². The van der Waals surface area contributed by atoms with Crippen LogP contribution in [0.1, 0.15) is 24.8 Å². The number of aromatic nitrogens is 1. The third kappa shape index (κ3) is 2.59. The molecule has 1 aromatic heterocycles. The average Bonchev–Trinajstić information content (AvgIpc) is 2.78. The first-order valence-corrected chi connectivity index (χ1v) is 6.10. The molecule has 6 heteroatoms.